The molecule has 25 heavy (non-hydrogen) atoms. The molecule has 0 saturated carbocycles. The van der Waals surface area contributed by atoms with E-state index in [1.165, 1.54) is 6.42 Å². The van der Waals surface area contributed by atoms with Gasteiger partial charge in [0.1, 0.15) is 0 Å². The summed E-state index contributed by atoms with van der Waals surface area (Å²) >= 11 is 0. The minimum atomic E-state index is 0.198. The van der Waals surface area contributed by atoms with Crippen LogP contribution in [-0.2, 0) is 17.8 Å². The van der Waals surface area contributed by atoms with Crippen LogP contribution in [0.25, 0.3) is 0 Å². The summed E-state index contributed by atoms with van der Waals surface area (Å²) in [6, 6.07) is 8.00. The molecule has 6 heteroatoms. The molecule has 6 nitrogen and oxygen atoms in total. The number of aromatic nitrogens is 2. The van der Waals surface area contributed by atoms with E-state index >= 15 is 0 Å². The number of benzene rings is 1. The fourth-order valence-corrected chi connectivity index (χ4v) is 3.67. The predicted octanol–water partition coefficient (Wildman–Crippen LogP) is 2.63. The largest absolute Gasteiger partial charge is 0.454 e. The molecule has 1 aromatic heterocycles. The fourth-order valence-electron chi connectivity index (χ4n) is 3.67. The van der Waals surface area contributed by atoms with Crippen molar-refractivity contribution in [2.45, 2.75) is 44.7 Å². The van der Waals surface area contributed by atoms with Gasteiger partial charge in [-0.3, -0.25) is 9.48 Å². The lowest BCUT2D eigenvalue weighted by Crippen LogP contribution is -2.44. The number of amides is 1. The summed E-state index contributed by atoms with van der Waals surface area (Å²) in [4.78, 5) is 14.9. The third kappa shape index (κ3) is 3.62. The van der Waals surface area contributed by atoms with Crippen molar-refractivity contribution in [2.24, 2.45) is 0 Å². The molecule has 2 aromatic rings. The second-order valence-electron chi connectivity index (χ2n) is 6.66. The number of hydrogen-bond acceptors (Lipinski definition) is 4. The molecule has 4 rings (SSSR count). The van der Waals surface area contributed by atoms with Crippen molar-refractivity contribution < 1.29 is 14.3 Å². The van der Waals surface area contributed by atoms with Crippen molar-refractivity contribution >= 4 is 5.91 Å². The molecule has 1 fully saturated rings. The van der Waals surface area contributed by atoms with Crippen LogP contribution in [0.3, 0.4) is 0 Å². The minimum absolute atomic E-state index is 0.198. The SMILES string of the molecule is O=C(Cc1ccc2c(c1)OCO2)N1CCCC[C@H]1CCn1cccn1. The molecule has 1 saturated heterocycles. The van der Waals surface area contributed by atoms with Gasteiger partial charge in [-0.15, -0.1) is 0 Å². The van der Waals surface area contributed by atoms with E-state index in [9.17, 15) is 4.79 Å². The van der Waals surface area contributed by atoms with E-state index in [-0.39, 0.29) is 12.7 Å². The van der Waals surface area contributed by atoms with Crippen LogP contribution in [-0.4, -0.2) is 40.0 Å². The highest BCUT2D eigenvalue weighted by Crippen LogP contribution is 2.33. The van der Waals surface area contributed by atoms with E-state index in [2.05, 4.69) is 10.00 Å². The summed E-state index contributed by atoms with van der Waals surface area (Å²) in [5, 5.41) is 4.26. The van der Waals surface area contributed by atoms with Gasteiger partial charge in [0.2, 0.25) is 12.7 Å². The first-order valence-corrected chi connectivity index (χ1v) is 8.95. The molecule has 2 aliphatic rings. The molecule has 0 aliphatic carbocycles. The molecular formula is C19H23N3O3. The number of hydrogen-bond donors (Lipinski definition) is 0. The summed E-state index contributed by atoms with van der Waals surface area (Å²) in [5.74, 6) is 1.69. The third-order valence-corrected chi connectivity index (χ3v) is 4.99. The standard InChI is InChI=1S/C19H23N3O3/c23-19(13-15-5-6-17-18(12-15)25-14-24-17)22-10-2-1-4-16(22)7-11-21-9-3-8-20-21/h3,5-6,8-9,12,16H,1-2,4,7,10-11,13-14H2/t16-/m0/s1. The Labute approximate surface area is 147 Å². The van der Waals surface area contributed by atoms with Crippen LogP contribution in [0, 0.1) is 0 Å². The van der Waals surface area contributed by atoms with Crippen LogP contribution in [0.1, 0.15) is 31.2 Å². The Balaban J connectivity index is 1.40. The summed E-state index contributed by atoms with van der Waals surface area (Å²) in [6.45, 7) is 1.97. The fraction of sp³-hybridized carbons (Fsp3) is 0.474. The molecule has 2 aliphatic heterocycles. The first-order valence-electron chi connectivity index (χ1n) is 8.95. The Kier molecular flexibility index (Phi) is 4.59. The first kappa shape index (κ1) is 16.0. The van der Waals surface area contributed by atoms with E-state index in [1.807, 2.05) is 35.1 Å². The zero-order valence-electron chi connectivity index (χ0n) is 14.3. The van der Waals surface area contributed by atoms with Crippen molar-refractivity contribution in [1.29, 1.82) is 0 Å². The van der Waals surface area contributed by atoms with Gasteiger partial charge in [-0.1, -0.05) is 6.07 Å². The molecule has 1 amide bonds. The Morgan fingerprint density at radius 1 is 1.24 bits per heavy atom. The van der Waals surface area contributed by atoms with Gasteiger partial charge in [0.25, 0.3) is 0 Å². The molecule has 1 aromatic carbocycles. The maximum atomic E-state index is 12.9. The second-order valence-corrected chi connectivity index (χ2v) is 6.66. The molecule has 0 radical (unpaired) electrons. The highest BCUT2D eigenvalue weighted by Gasteiger charge is 2.27. The predicted molar refractivity (Wildman–Crippen MR) is 92.5 cm³/mol. The topological polar surface area (TPSA) is 56.6 Å². The van der Waals surface area contributed by atoms with Crippen molar-refractivity contribution in [3.8, 4) is 11.5 Å². The third-order valence-electron chi connectivity index (χ3n) is 4.99. The van der Waals surface area contributed by atoms with Gasteiger partial charge in [0.05, 0.1) is 6.42 Å². The highest BCUT2D eigenvalue weighted by atomic mass is 16.7. The first-order chi connectivity index (χ1) is 12.3. The van der Waals surface area contributed by atoms with Gasteiger partial charge < -0.3 is 14.4 Å². The molecule has 0 spiro atoms. The van der Waals surface area contributed by atoms with Crippen LogP contribution >= 0.6 is 0 Å². The average molecular weight is 341 g/mol. The van der Waals surface area contributed by atoms with Crippen LogP contribution in [0.5, 0.6) is 11.5 Å². The number of nitrogens with zero attached hydrogens (tertiary/aromatic N) is 3. The second kappa shape index (κ2) is 7.17. The number of ether oxygens (including phenoxy) is 2. The number of piperidine rings is 1. The van der Waals surface area contributed by atoms with Gasteiger partial charge in [-0.05, 0) is 49.4 Å². The Hall–Kier alpha value is -2.50. The molecule has 0 N–H and O–H groups in total. The van der Waals surface area contributed by atoms with Crippen LogP contribution in [0.4, 0.5) is 0 Å². The maximum absolute atomic E-state index is 12.9. The number of carbonyl (C=O) groups is 1. The smallest absolute Gasteiger partial charge is 0.231 e. The minimum Gasteiger partial charge on any atom is -0.454 e. The van der Waals surface area contributed by atoms with Crippen molar-refractivity contribution in [3.63, 3.8) is 0 Å². The number of rotatable bonds is 5. The number of aryl methyl sites for hydroxylation is 1. The van der Waals surface area contributed by atoms with E-state index in [0.717, 1.165) is 49.4 Å². The van der Waals surface area contributed by atoms with Crippen molar-refractivity contribution in [1.82, 2.24) is 14.7 Å². The summed E-state index contributed by atoms with van der Waals surface area (Å²) in [6.07, 6.45) is 8.49. The summed E-state index contributed by atoms with van der Waals surface area (Å²) in [5.41, 5.74) is 0.977. The van der Waals surface area contributed by atoms with Gasteiger partial charge in [0.15, 0.2) is 11.5 Å². The van der Waals surface area contributed by atoms with Crippen LogP contribution in [0.2, 0.25) is 0 Å². The van der Waals surface area contributed by atoms with E-state index in [1.54, 1.807) is 6.20 Å². The monoisotopic (exact) mass is 341 g/mol. The molecule has 1 atom stereocenters. The average Bonchev–Trinajstić information content (AvgIpc) is 3.31. The zero-order chi connectivity index (χ0) is 17.1. The van der Waals surface area contributed by atoms with E-state index in [4.69, 9.17) is 9.47 Å². The van der Waals surface area contributed by atoms with E-state index < -0.39 is 0 Å². The lowest BCUT2D eigenvalue weighted by Gasteiger charge is -2.36. The quantitative estimate of drug-likeness (QED) is 0.839. The van der Waals surface area contributed by atoms with Gasteiger partial charge >= 0.3 is 0 Å². The van der Waals surface area contributed by atoms with Crippen molar-refractivity contribution in [2.75, 3.05) is 13.3 Å². The number of fused-ring (bicyclic) bond motifs is 1. The Morgan fingerprint density at radius 2 is 2.16 bits per heavy atom. The Bertz CT molecular complexity index is 730. The molecular weight excluding hydrogens is 318 g/mol. The maximum Gasteiger partial charge on any atom is 0.231 e. The zero-order valence-corrected chi connectivity index (χ0v) is 14.3. The number of carbonyl (C=O) groups excluding carboxylic acids is 1. The summed E-state index contributed by atoms with van der Waals surface area (Å²) in [7, 11) is 0. The van der Waals surface area contributed by atoms with Crippen molar-refractivity contribution in [3.05, 3.63) is 42.2 Å². The lowest BCUT2D eigenvalue weighted by atomic mass is 9.98. The normalized spacial score (nSPS) is 19.2. The molecule has 3 heterocycles. The van der Waals surface area contributed by atoms with Crippen LogP contribution < -0.4 is 9.47 Å². The van der Waals surface area contributed by atoms with Gasteiger partial charge in [0, 0.05) is 31.5 Å². The van der Waals surface area contributed by atoms with Gasteiger partial charge in [-0.25, -0.2) is 0 Å². The Morgan fingerprint density at radius 3 is 3.04 bits per heavy atom. The molecule has 0 bridgehead atoms. The van der Waals surface area contributed by atoms with Gasteiger partial charge in [-0.2, -0.15) is 5.10 Å². The molecule has 132 valence electrons. The summed E-state index contributed by atoms with van der Waals surface area (Å²) < 4.78 is 12.7. The van der Waals surface area contributed by atoms with E-state index in [0.29, 0.717) is 12.5 Å². The molecule has 0 unspecified atom stereocenters. The highest BCUT2D eigenvalue weighted by molar-refractivity contribution is 5.79. The lowest BCUT2D eigenvalue weighted by molar-refractivity contribution is -0.134. The number of likely N-dealkylation sites (tertiary alicyclic amines) is 1. The van der Waals surface area contributed by atoms with Crippen LogP contribution in [0.15, 0.2) is 36.7 Å².